The molecular formula is C17H25N3O2. The van der Waals surface area contributed by atoms with Gasteiger partial charge in [0.05, 0.1) is 5.56 Å². The van der Waals surface area contributed by atoms with Gasteiger partial charge in [-0.25, -0.2) is 0 Å². The number of amides is 2. The second-order valence-corrected chi connectivity index (χ2v) is 6.22. The van der Waals surface area contributed by atoms with Crippen LogP contribution in [0.2, 0.25) is 0 Å². The summed E-state index contributed by atoms with van der Waals surface area (Å²) in [4.78, 5) is 27.4. The van der Waals surface area contributed by atoms with E-state index in [1.54, 1.807) is 24.4 Å². The fraction of sp³-hybridized carbons (Fsp3) is 0.471. The maximum absolute atomic E-state index is 11.7. The number of nitrogens with one attached hydrogen (secondary N) is 2. The van der Waals surface area contributed by atoms with Gasteiger partial charge in [-0.15, -0.1) is 0 Å². The Morgan fingerprint density at radius 2 is 1.91 bits per heavy atom. The summed E-state index contributed by atoms with van der Waals surface area (Å²) in [6.45, 7) is 9.20. The number of hydrogen-bond acceptors (Lipinski definition) is 3. The first kappa shape index (κ1) is 17.9. The van der Waals surface area contributed by atoms with Gasteiger partial charge in [0.1, 0.15) is 0 Å². The van der Waals surface area contributed by atoms with Crippen molar-refractivity contribution in [2.24, 2.45) is 5.41 Å². The van der Waals surface area contributed by atoms with Crippen molar-refractivity contribution in [1.29, 1.82) is 0 Å². The van der Waals surface area contributed by atoms with E-state index in [9.17, 15) is 9.59 Å². The van der Waals surface area contributed by atoms with Gasteiger partial charge in [0.15, 0.2) is 0 Å². The lowest BCUT2D eigenvalue weighted by molar-refractivity contribution is -0.116. The van der Waals surface area contributed by atoms with E-state index < -0.39 is 0 Å². The van der Waals surface area contributed by atoms with Crippen LogP contribution in [0.4, 0.5) is 0 Å². The van der Waals surface area contributed by atoms with Gasteiger partial charge in [-0.05, 0) is 30.9 Å². The molecule has 2 N–H and O–H groups in total. The molecule has 0 bridgehead atoms. The van der Waals surface area contributed by atoms with E-state index in [1.165, 1.54) is 6.20 Å². The van der Waals surface area contributed by atoms with Crippen molar-refractivity contribution >= 4 is 11.8 Å². The SMILES string of the molecule is C/C(=C\C(=O)NCCCNC(=O)c1cccnc1)C(C)(C)C. The number of aromatic nitrogens is 1. The number of carbonyl (C=O) groups excluding carboxylic acids is 2. The Kier molecular flexibility index (Phi) is 6.76. The first-order valence-electron chi connectivity index (χ1n) is 7.45. The normalized spacial score (nSPS) is 11.9. The van der Waals surface area contributed by atoms with Gasteiger partial charge in [0.2, 0.25) is 5.91 Å². The quantitative estimate of drug-likeness (QED) is 0.626. The molecule has 1 aromatic heterocycles. The van der Waals surface area contributed by atoms with E-state index in [4.69, 9.17) is 0 Å². The van der Waals surface area contributed by atoms with Crippen molar-refractivity contribution in [3.63, 3.8) is 0 Å². The van der Waals surface area contributed by atoms with Crippen LogP contribution in [0.15, 0.2) is 36.2 Å². The highest BCUT2D eigenvalue weighted by Crippen LogP contribution is 2.23. The lowest BCUT2D eigenvalue weighted by Crippen LogP contribution is -2.29. The predicted octanol–water partition coefficient (Wildman–Crippen LogP) is 2.31. The monoisotopic (exact) mass is 303 g/mol. The standard InChI is InChI=1S/C17H25N3O2/c1-13(17(2,3)4)11-15(21)19-9-6-10-20-16(22)14-7-5-8-18-12-14/h5,7-8,11-12H,6,9-10H2,1-4H3,(H,19,21)(H,20,22)/b13-11+. The Balaban J connectivity index is 2.23. The fourth-order valence-electron chi connectivity index (χ4n) is 1.57. The van der Waals surface area contributed by atoms with E-state index >= 15 is 0 Å². The molecule has 0 saturated carbocycles. The van der Waals surface area contributed by atoms with Gasteiger partial charge in [-0.1, -0.05) is 26.3 Å². The Hall–Kier alpha value is -2.17. The van der Waals surface area contributed by atoms with Crippen molar-refractivity contribution in [2.75, 3.05) is 13.1 Å². The first-order valence-corrected chi connectivity index (χ1v) is 7.45. The Labute approximate surface area is 132 Å². The molecule has 0 aliphatic carbocycles. The van der Waals surface area contributed by atoms with Crippen LogP contribution in [0.5, 0.6) is 0 Å². The highest BCUT2D eigenvalue weighted by molar-refractivity contribution is 5.93. The molecule has 5 nitrogen and oxygen atoms in total. The third-order valence-electron chi connectivity index (χ3n) is 3.39. The molecular weight excluding hydrogens is 278 g/mol. The molecule has 0 unspecified atom stereocenters. The molecule has 1 aromatic rings. The van der Waals surface area contributed by atoms with E-state index in [1.807, 2.05) is 6.92 Å². The number of nitrogens with zero attached hydrogens (tertiary/aromatic N) is 1. The van der Waals surface area contributed by atoms with E-state index in [0.29, 0.717) is 25.1 Å². The highest BCUT2D eigenvalue weighted by atomic mass is 16.2. The van der Waals surface area contributed by atoms with Crippen molar-refractivity contribution < 1.29 is 9.59 Å². The van der Waals surface area contributed by atoms with Crippen molar-refractivity contribution in [3.8, 4) is 0 Å². The van der Waals surface area contributed by atoms with E-state index in [2.05, 4.69) is 36.4 Å². The summed E-state index contributed by atoms with van der Waals surface area (Å²) in [7, 11) is 0. The number of hydrogen-bond donors (Lipinski definition) is 2. The zero-order valence-corrected chi connectivity index (χ0v) is 13.8. The maximum Gasteiger partial charge on any atom is 0.252 e. The van der Waals surface area contributed by atoms with Crippen molar-refractivity contribution in [1.82, 2.24) is 15.6 Å². The number of allylic oxidation sites excluding steroid dienone is 1. The minimum Gasteiger partial charge on any atom is -0.352 e. The van der Waals surface area contributed by atoms with E-state index in [0.717, 1.165) is 5.57 Å². The lowest BCUT2D eigenvalue weighted by atomic mass is 9.87. The third kappa shape index (κ3) is 6.52. The molecule has 22 heavy (non-hydrogen) atoms. The van der Waals surface area contributed by atoms with Crippen LogP contribution in [0.25, 0.3) is 0 Å². The van der Waals surface area contributed by atoms with Gasteiger partial charge in [0.25, 0.3) is 5.91 Å². The van der Waals surface area contributed by atoms with Crippen LogP contribution in [0.1, 0.15) is 44.5 Å². The molecule has 0 saturated heterocycles. The summed E-state index contributed by atoms with van der Waals surface area (Å²) in [5.41, 5.74) is 1.57. The topological polar surface area (TPSA) is 71.1 Å². The smallest absolute Gasteiger partial charge is 0.252 e. The summed E-state index contributed by atoms with van der Waals surface area (Å²) in [5, 5.41) is 5.61. The van der Waals surface area contributed by atoms with Gasteiger partial charge in [0, 0.05) is 31.6 Å². The zero-order chi connectivity index (χ0) is 16.6. The Morgan fingerprint density at radius 3 is 2.50 bits per heavy atom. The summed E-state index contributed by atoms with van der Waals surface area (Å²) >= 11 is 0. The van der Waals surface area contributed by atoms with Crippen LogP contribution in [-0.2, 0) is 4.79 Å². The van der Waals surface area contributed by atoms with Crippen LogP contribution in [0.3, 0.4) is 0 Å². The van der Waals surface area contributed by atoms with Gasteiger partial charge >= 0.3 is 0 Å². The van der Waals surface area contributed by atoms with Gasteiger partial charge in [-0.2, -0.15) is 0 Å². The summed E-state index contributed by atoms with van der Waals surface area (Å²) in [6, 6.07) is 3.43. The molecule has 5 heteroatoms. The molecule has 120 valence electrons. The van der Waals surface area contributed by atoms with Crippen LogP contribution < -0.4 is 10.6 Å². The minimum atomic E-state index is -0.150. The molecule has 0 spiro atoms. The number of pyridine rings is 1. The highest BCUT2D eigenvalue weighted by Gasteiger charge is 2.13. The number of carbonyl (C=O) groups is 2. The second kappa shape index (κ2) is 8.32. The summed E-state index contributed by atoms with van der Waals surface area (Å²) < 4.78 is 0. The van der Waals surface area contributed by atoms with Crippen molar-refractivity contribution in [3.05, 3.63) is 41.7 Å². The van der Waals surface area contributed by atoms with Crippen molar-refractivity contribution in [2.45, 2.75) is 34.1 Å². The molecule has 0 atom stereocenters. The molecule has 0 fully saturated rings. The van der Waals surface area contributed by atoms with Gasteiger partial charge < -0.3 is 10.6 Å². The number of rotatable bonds is 6. The van der Waals surface area contributed by atoms with E-state index in [-0.39, 0.29) is 17.2 Å². The maximum atomic E-state index is 11.7. The molecule has 0 aliphatic heterocycles. The van der Waals surface area contributed by atoms with Crippen LogP contribution in [0, 0.1) is 5.41 Å². The van der Waals surface area contributed by atoms with Crippen LogP contribution in [-0.4, -0.2) is 29.9 Å². The fourth-order valence-corrected chi connectivity index (χ4v) is 1.57. The Morgan fingerprint density at radius 1 is 1.23 bits per heavy atom. The zero-order valence-electron chi connectivity index (χ0n) is 13.8. The Bertz CT molecular complexity index is 531. The predicted molar refractivity (Wildman–Crippen MR) is 87.4 cm³/mol. The third-order valence-corrected chi connectivity index (χ3v) is 3.39. The average Bonchev–Trinajstić information content (AvgIpc) is 2.46. The van der Waals surface area contributed by atoms with Gasteiger partial charge in [-0.3, -0.25) is 14.6 Å². The second-order valence-electron chi connectivity index (χ2n) is 6.22. The summed E-state index contributed by atoms with van der Waals surface area (Å²) in [6.07, 6.45) is 5.46. The van der Waals surface area contributed by atoms with Crippen LogP contribution >= 0.6 is 0 Å². The molecule has 0 radical (unpaired) electrons. The molecule has 0 aliphatic rings. The first-order chi connectivity index (χ1) is 10.3. The average molecular weight is 303 g/mol. The molecule has 2 amide bonds. The minimum absolute atomic E-state index is 0.00493. The lowest BCUT2D eigenvalue weighted by Gasteiger charge is -2.19. The summed E-state index contributed by atoms with van der Waals surface area (Å²) in [5.74, 6) is -0.242. The molecule has 1 heterocycles. The largest absolute Gasteiger partial charge is 0.352 e. The molecule has 1 rings (SSSR count). The molecule has 0 aromatic carbocycles.